The number of hydrogen-bond donors (Lipinski definition) is 0. The van der Waals surface area contributed by atoms with Crippen LogP contribution in [0.4, 0.5) is 0 Å². The summed E-state index contributed by atoms with van der Waals surface area (Å²) in [6.07, 6.45) is 5.24. The van der Waals surface area contributed by atoms with E-state index in [0.717, 1.165) is 24.2 Å². The van der Waals surface area contributed by atoms with Crippen molar-refractivity contribution in [2.24, 2.45) is 4.99 Å². The van der Waals surface area contributed by atoms with E-state index in [9.17, 15) is 4.79 Å². The molecule has 0 aliphatic heterocycles. The monoisotopic (exact) mass is 237 g/mol. The molecule has 0 bridgehead atoms. The van der Waals surface area contributed by atoms with Gasteiger partial charge in [0.25, 0.3) is 0 Å². The molecule has 0 unspecified atom stereocenters. The second kappa shape index (κ2) is 5.15. The van der Waals surface area contributed by atoms with Crippen LogP contribution in [0.3, 0.4) is 0 Å². The van der Waals surface area contributed by atoms with Gasteiger partial charge in [-0.3, -0.25) is 0 Å². The molecule has 16 heavy (non-hydrogen) atoms. The van der Waals surface area contributed by atoms with Crippen molar-refractivity contribution in [2.45, 2.75) is 31.9 Å². The first kappa shape index (κ1) is 11.2. The highest BCUT2D eigenvalue weighted by atomic mass is 35.5. The Bertz CT molecular complexity index is 423. The summed E-state index contributed by atoms with van der Waals surface area (Å²) in [4.78, 5) is 13.6. The first-order chi connectivity index (χ1) is 7.79. The summed E-state index contributed by atoms with van der Waals surface area (Å²) in [6.45, 7) is 0.270. The topological polar surface area (TPSA) is 38.7 Å². The van der Waals surface area contributed by atoms with E-state index >= 15 is 0 Å². The van der Waals surface area contributed by atoms with Crippen molar-refractivity contribution >= 4 is 17.7 Å². The van der Waals surface area contributed by atoms with Crippen LogP contribution in [0, 0.1) is 0 Å². The second-order valence-electron chi connectivity index (χ2n) is 3.83. The number of benzene rings is 1. The first-order valence-electron chi connectivity index (χ1n) is 5.28. The van der Waals surface area contributed by atoms with Crippen LogP contribution in [0.1, 0.15) is 24.8 Å². The molecule has 0 atom stereocenters. The van der Waals surface area contributed by atoms with Gasteiger partial charge in [-0.05, 0) is 37.5 Å². The highest BCUT2D eigenvalue weighted by Gasteiger charge is 2.20. The Morgan fingerprint density at radius 2 is 2.31 bits per heavy atom. The van der Waals surface area contributed by atoms with Gasteiger partial charge in [0.15, 0.2) is 0 Å². The van der Waals surface area contributed by atoms with E-state index in [2.05, 4.69) is 4.99 Å². The van der Waals surface area contributed by atoms with Gasteiger partial charge in [-0.15, -0.1) is 0 Å². The van der Waals surface area contributed by atoms with Crippen LogP contribution in [0.25, 0.3) is 0 Å². The zero-order valence-electron chi connectivity index (χ0n) is 8.78. The average Bonchev–Trinajstić information content (AvgIpc) is 2.22. The highest BCUT2D eigenvalue weighted by Crippen LogP contribution is 2.29. The molecular formula is C12H12ClNO2. The molecular weight excluding hydrogens is 226 g/mol. The van der Waals surface area contributed by atoms with Gasteiger partial charge >= 0.3 is 0 Å². The fourth-order valence-electron chi connectivity index (χ4n) is 1.57. The minimum absolute atomic E-state index is 0.270. The van der Waals surface area contributed by atoms with Gasteiger partial charge in [0.05, 0.1) is 12.6 Å². The van der Waals surface area contributed by atoms with Crippen molar-refractivity contribution in [3.05, 3.63) is 28.8 Å². The third-order valence-corrected chi connectivity index (χ3v) is 2.92. The van der Waals surface area contributed by atoms with Crippen LogP contribution in [0.15, 0.2) is 23.2 Å². The van der Waals surface area contributed by atoms with Crippen LogP contribution >= 0.6 is 11.6 Å². The molecule has 0 heterocycles. The molecule has 2 rings (SSSR count). The minimum atomic E-state index is 0.270. The fourth-order valence-corrected chi connectivity index (χ4v) is 1.77. The SMILES string of the molecule is O=C=NCc1cc(Cl)ccc1OC1CCC1. The molecule has 0 spiro atoms. The Kier molecular flexibility index (Phi) is 3.60. The van der Waals surface area contributed by atoms with Crippen LogP contribution in [-0.2, 0) is 11.3 Å². The van der Waals surface area contributed by atoms with Crippen LogP contribution < -0.4 is 4.74 Å². The summed E-state index contributed by atoms with van der Waals surface area (Å²) in [5, 5.41) is 0.622. The summed E-state index contributed by atoms with van der Waals surface area (Å²) < 4.78 is 5.79. The molecule has 3 nitrogen and oxygen atoms in total. The summed E-state index contributed by atoms with van der Waals surface area (Å²) in [6, 6.07) is 5.39. The lowest BCUT2D eigenvalue weighted by Gasteiger charge is -2.27. The van der Waals surface area contributed by atoms with E-state index < -0.39 is 0 Å². The molecule has 0 amide bonds. The predicted octanol–water partition coefficient (Wildman–Crippen LogP) is 3.11. The number of rotatable bonds is 4. The number of nitrogens with zero attached hydrogens (tertiary/aromatic N) is 1. The smallest absolute Gasteiger partial charge is 0.235 e. The van der Waals surface area contributed by atoms with Gasteiger partial charge < -0.3 is 4.74 Å². The van der Waals surface area contributed by atoms with Crippen LogP contribution in [0.2, 0.25) is 5.02 Å². The van der Waals surface area contributed by atoms with E-state index in [-0.39, 0.29) is 6.54 Å². The highest BCUT2D eigenvalue weighted by molar-refractivity contribution is 6.30. The van der Waals surface area contributed by atoms with Crippen LogP contribution in [0.5, 0.6) is 5.75 Å². The molecule has 4 heteroatoms. The fraction of sp³-hybridized carbons (Fsp3) is 0.417. The predicted molar refractivity (Wildman–Crippen MR) is 61.5 cm³/mol. The molecule has 0 radical (unpaired) electrons. The Hall–Kier alpha value is -1.31. The van der Waals surface area contributed by atoms with Crippen molar-refractivity contribution in [2.75, 3.05) is 0 Å². The van der Waals surface area contributed by atoms with Crippen molar-refractivity contribution in [1.29, 1.82) is 0 Å². The molecule has 1 saturated carbocycles. The summed E-state index contributed by atoms with van der Waals surface area (Å²) in [7, 11) is 0. The summed E-state index contributed by atoms with van der Waals surface area (Å²) in [5.41, 5.74) is 0.836. The number of carbonyl (C=O) groups excluding carboxylic acids is 1. The van der Waals surface area contributed by atoms with Gasteiger partial charge in [-0.1, -0.05) is 11.6 Å². The van der Waals surface area contributed by atoms with Gasteiger partial charge in [-0.25, -0.2) is 9.79 Å². The van der Waals surface area contributed by atoms with Gasteiger partial charge in [0.1, 0.15) is 5.75 Å². The zero-order valence-corrected chi connectivity index (χ0v) is 9.54. The summed E-state index contributed by atoms with van der Waals surface area (Å²) in [5.74, 6) is 0.771. The van der Waals surface area contributed by atoms with Crippen LogP contribution in [-0.4, -0.2) is 12.2 Å². The normalized spacial score (nSPS) is 15.1. The average molecular weight is 238 g/mol. The molecule has 1 aromatic carbocycles. The number of hydrogen-bond acceptors (Lipinski definition) is 3. The Morgan fingerprint density at radius 1 is 1.50 bits per heavy atom. The van der Waals surface area contributed by atoms with Gasteiger partial charge in [0, 0.05) is 10.6 Å². The molecule has 1 fully saturated rings. The minimum Gasteiger partial charge on any atom is -0.490 e. The zero-order chi connectivity index (χ0) is 11.4. The van der Waals surface area contributed by atoms with Gasteiger partial charge in [-0.2, -0.15) is 0 Å². The molecule has 84 valence electrons. The maximum atomic E-state index is 10.1. The number of ether oxygens (including phenoxy) is 1. The molecule has 0 aromatic heterocycles. The lowest BCUT2D eigenvalue weighted by molar-refractivity contribution is 0.119. The molecule has 0 saturated heterocycles. The Labute approximate surface area is 99.1 Å². The number of halogens is 1. The maximum absolute atomic E-state index is 10.1. The second-order valence-corrected chi connectivity index (χ2v) is 4.27. The Balaban J connectivity index is 2.16. The first-order valence-corrected chi connectivity index (χ1v) is 5.66. The van der Waals surface area contributed by atoms with E-state index in [4.69, 9.17) is 16.3 Å². The third-order valence-electron chi connectivity index (χ3n) is 2.68. The van der Waals surface area contributed by atoms with E-state index in [1.807, 2.05) is 6.07 Å². The van der Waals surface area contributed by atoms with Crippen molar-refractivity contribution < 1.29 is 9.53 Å². The van der Waals surface area contributed by atoms with E-state index in [0.29, 0.717) is 11.1 Å². The van der Waals surface area contributed by atoms with E-state index in [1.165, 1.54) is 12.5 Å². The lowest BCUT2D eigenvalue weighted by Crippen LogP contribution is -2.25. The molecule has 1 aliphatic rings. The van der Waals surface area contributed by atoms with Gasteiger partial charge in [0.2, 0.25) is 6.08 Å². The molecule has 0 N–H and O–H groups in total. The van der Waals surface area contributed by atoms with Crippen molar-refractivity contribution in [3.63, 3.8) is 0 Å². The molecule has 1 aromatic rings. The number of isocyanates is 1. The standard InChI is InChI=1S/C12H12ClNO2/c13-10-4-5-12(16-11-2-1-3-11)9(6-10)7-14-8-15/h4-6,11H,1-3,7H2. The third kappa shape index (κ3) is 2.63. The van der Waals surface area contributed by atoms with E-state index in [1.54, 1.807) is 12.1 Å². The lowest BCUT2D eigenvalue weighted by atomic mass is 9.96. The number of aliphatic imine (C=N–C) groups is 1. The Morgan fingerprint density at radius 3 is 2.94 bits per heavy atom. The summed E-state index contributed by atoms with van der Waals surface area (Å²) >= 11 is 5.88. The van der Waals surface area contributed by atoms with Crippen molar-refractivity contribution in [3.8, 4) is 5.75 Å². The molecule has 1 aliphatic carbocycles. The largest absolute Gasteiger partial charge is 0.490 e. The van der Waals surface area contributed by atoms with Crippen molar-refractivity contribution in [1.82, 2.24) is 0 Å². The maximum Gasteiger partial charge on any atom is 0.235 e. The quantitative estimate of drug-likeness (QED) is 0.596.